The lowest BCUT2D eigenvalue weighted by molar-refractivity contribution is 0.107. The van der Waals surface area contributed by atoms with E-state index >= 15 is 0 Å². The quantitative estimate of drug-likeness (QED) is 0.673. The van der Waals surface area contributed by atoms with Crippen molar-refractivity contribution in [2.45, 2.75) is 28.4 Å². The topological polar surface area (TPSA) is 67.4 Å². The van der Waals surface area contributed by atoms with Gasteiger partial charge in [0, 0.05) is 26.0 Å². The summed E-state index contributed by atoms with van der Waals surface area (Å²) in [5.41, 5.74) is 0.206. The van der Waals surface area contributed by atoms with Gasteiger partial charge in [0.1, 0.15) is 5.44 Å². The van der Waals surface area contributed by atoms with Crippen LogP contribution in [0.25, 0.3) is 0 Å². The van der Waals surface area contributed by atoms with Gasteiger partial charge in [-0.1, -0.05) is 23.1 Å². The number of amides is 2. The average molecular weight is 334 g/mol. The molecule has 0 aliphatic carbocycles. The Morgan fingerprint density at radius 2 is 2.40 bits per heavy atom. The van der Waals surface area contributed by atoms with Crippen molar-refractivity contribution in [2.24, 2.45) is 0 Å². The lowest BCUT2D eigenvalue weighted by Crippen LogP contribution is -2.34. The van der Waals surface area contributed by atoms with Gasteiger partial charge in [-0.15, -0.1) is 22.0 Å². The summed E-state index contributed by atoms with van der Waals surface area (Å²) < 4.78 is 6.61. The fourth-order valence-electron chi connectivity index (χ4n) is 1.63. The molecule has 2 rings (SSSR count). The first-order valence-electron chi connectivity index (χ1n) is 6.30. The zero-order valence-corrected chi connectivity index (χ0v) is 14.1. The number of carbonyl (C=O) groups is 1. The van der Waals surface area contributed by atoms with E-state index in [1.807, 2.05) is 11.8 Å². The molecule has 1 aromatic heterocycles. The minimum atomic E-state index is -0.197. The molecule has 9 heteroatoms. The van der Waals surface area contributed by atoms with Crippen LogP contribution in [0.3, 0.4) is 0 Å². The van der Waals surface area contributed by atoms with Crippen LogP contribution in [0.4, 0.5) is 9.93 Å². The van der Waals surface area contributed by atoms with E-state index in [0.717, 1.165) is 23.1 Å². The Bertz CT molecular complexity index is 451. The Morgan fingerprint density at radius 3 is 3.05 bits per heavy atom. The van der Waals surface area contributed by atoms with Crippen molar-refractivity contribution in [1.82, 2.24) is 15.5 Å². The molecule has 1 N–H and O–H groups in total. The Labute approximate surface area is 131 Å². The smallest absolute Gasteiger partial charge is 0.323 e. The summed E-state index contributed by atoms with van der Waals surface area (Å²) in [4.78, 5) is 13.0. The van der Waals surface area contributed by atoms with Crippen LogP contribution in [0.5, 0.6) is 0 Å². The number of nitrogens with zero attached hydrogens (tertiary/aromatic N) is 3. The Morgan fingerprint density at radius 1 is 1.60 bits per heavy atom. The highest BCUT2D eigenvalue weighted by atomic mass is 32.2. The first-order chi connectivity index (χ1) is 9.61. The Balaban J connectivity index is 1.93. The predicted octanol–water partition coefficient (Wildman–Crippen LogP) is 2.27. The molecule has 0 saturated carbocycles. The number of thioether (sulfide) groups is 2. The molecule has 0 aromatic carbocycles. The van der Waals surface area contributed by atoms with Crippen LogP contribution in [-0.4, -0.2) is 53.4 Å². The molecule has 2 amide bonds. The number of nitrogens with one attached hydrogen (secondary N) is 1. The van der Waals surface area contributed by atoms with Gasteiger partial charge < -0.3 is 10.1 Å². The molecule has 6 nitrogen and oxygen atoms in total. The van der Waals surface area contributed by atoms with E-state index in [4.69, 9.17) is 4.74 Å². The summed E-state index contributed by atoms with van der Waals surface area (Å²) in [5, 5.41) is 11.6. The highest BCUT2D eigenvalue weighted by Gasteiger charge is 2.24. The molecule has 0 radical (unpaired) electrons. The number of anilines is 1. The van der Waals surface area contributed by atoms with Crippen LogP contribution < -0.4 is 10.2 Å². The van der Waals surface area contributed by atoms with Gasteiger partial charge in [0.15, 0.2) is 4.34 Å². The summed E-state index contributed by atoms with van der Waals surface area (Å²) in [6, 6.07) is -0.197. The fraction of sp³-hybridized carbons (Fsp3) is 0.727. The molecule has 112 valence electrons. The molecular formula is C11H18N4O2S3. The number of rotatable bonds is 4. The zero-order valence-electron chi connectivity index (χ0n) is 11.7. The van der Waals surface area contributed by atoms with Crippen molar-refractivity contribution < 1.29 is 9.53 Å². The first-order valence-corrected chi connectivity index (χ1v) is 9.05. The molecule has 0 bridgehead atoms. The second-order valence-corrected chi connectivity index (χ2v) is 8.04. The molecule has 20 heavy (non-hydrogen) atoms. The third-order valence-electron chi connectivity index (χ3n) is 2.72. The Hall–Kier alpha value is -0.510. The Kier molecular flexibility index (Phi) is 5.94. The van der Waals surface area contributed by atoms with Gasteiger partial charge in [-0.25, -0.2) is 4.79 Å². The van der Waals surface area contributed by atoms with Crippen molar-refractivity contribution in [2.75, 3.05) is 31.4 Å². The minimum Gasteiger partial charge on any atom is -0.366 e. The molecule has 1 fully saturated rings. The van der Waals surface area contributed by atoms with Gasteiger partial charge in [-0.05, 0) is 19.1 Å². The fourth-order valence-corrected chi connectivity index (χ4v) is 5.02. The van der Waals surface area contributed by atoms with E-state index in [-0.39, 0.29) is 11.5 Å². The number of carbonyl (C=O) groups excluding carboxylic acids is 1. The molecule has 1 aliphatic heterocycles. The lowest BCUT2D eigenvalue weighted by Gasteiger charge is -2.26. The summed E-state index contributed by atoms with van der Waals surface area (Å²) in [7, 11) is 3.27. The van der Waals surface area contributed by atoms with Crippen LogP contribution in [0, 0.1) is 0 Å². The van der Waals surface area contributed by atoms with E-state index in [0.29, 0.717) is 10.4 Å². The molecule has 1 saturated heterocycles. The predicted molar refractivity (Wildman–Crippen MR) is 84.9 cm³/mol. The molecule has 0 spiro atoms. The number of hydrogen-bond donors (Lipinski definition) is 1. The minimum absolute atomic E-state index is 0.197. The standard InChI is InChI=1S/C11H18N4O2S3/c1-7(8-17-5-4-6-18-8)19-11-14-13-10(20-11)15(3)9(16)12-2/h7-8H,4-6H2,1-3H3,(H,12,16). The van der Waals surface area contributed by atoms with Crippen LogP contribution >= 0.6 is 34.9 Å². The SMILES string of the molecule is CNC(=O)N(C)c1nnc(SC(C)C2OCCCS2)s1. The summed E-state index contributed by atoms with van der Waals surface area (Å²) in [6.45, 7) is 2.97. The van der Waals surface area contributed by atoms with E-state index in [1.54, 1.807) is 25.9 Å². The molecular weight excluding hydrogens is 316 g/mol. The second-order valence-electron chi connectivity index (χ2n) is 4.25. The number of ether oxygens (including phenoxy) is 1. The molecule has 1 aromatic rings. The van der Waals surface area contributed by atoms with Crippen molar-refractivity contribution in [1.29, 1.82) is 0 Å². The van der Waals surface area contributed by atoms with Gasteiger partial charge in [0.25, 0.3) is 0 Å². The van der Waals surface area contributed by atoms with Gasteiger partial charge in [-0.2, -0.15) is 0 Å². The van der Waals surface area contributed by atoms with E-state index in [9.17, 15) is 4.79 Å². The normalized spacial score (nSPS) is 20.4. The third-order valence-corrected chi connectivity index (χ3v) is 6.53. The maximum Gasteiger partial charge on any atom is 0.323 e. The van der Waals surface area contributed by atoms with Crippen LogP contribution in [-0.2, 0) is 4.74 Å². The van der Waals surface area contributed by atoms with Crippen LogP contribution in [0.1, 0.15) is 13.3 Å². The van der Waals surface area contributed by atoms with Gasteiger partial charge >= 0.3 is 6.03 Å². The van der Waals surface area contributed by atoms with Crippen molar-refractivity contribution in [3.05, 3.63) is 0 Å². The maximum absolute atomic E-state index is 11.5. The van der Waals surface area contributed by atoms with E-state index < -0.39 is 0 Å². The summed E-state index contributed by atoms with van der Waals surface area (Å²) in [6.07, 6.45) is 1.12. The summed E-state index contributed by atoms with van der Waals surface area (Å²) >= 11 is 4.92. The number of urea groups is 1. The molecule has 1 aliphatic rings. The highest BCUT2D eigenvalue weighted by molar-refractivity contribution is 8.04. The van der Waals surface area contributed by atoms with Gasteiger partial charge in [0.2, 0.25) is 5.13 Å². The van der Waals surface area contributed by atoms with Gasteiger partial charge in [-0.3, -0.25) is 4.90 Å². The van der Waals surface area contributed by atoms with Crippen LogP contribution in [0.15, 0.2) is 4.34 Å². The van der Waals surface area contributed by atoms with E-state index in [2.05, 4.69) is 22.4 Å². The van der Waals surface area contributed by atoms with Crippen molar-refractivity contribution in [3.63, 3.8) is 0 Å². The van der Waals surface area contributed by atoms with Crippen molar-refractivity contribution >= 4 is 46.0 Å². The van der Waals surface area contributed by atoms with E-state index in [1.165, 1.54) is 16.2 Å². The monoisotopic (exact) mass is 334 g/mol. The number of hydrogen-bond acceptors (Lipinski definition) is 7. The molecule has 2 atom stereocenters. The number of aromatic nitrogens is 2. The summed E-state index contributed by atoms with van der Waals surface area (Å²) in [5.74, 6) is 1.15. The zero-order chi connectivity index (χ0) is 14.5. The first kappa shape index (κ1) is 15.9. The molecule has 2 unspecified atom stereocenters. The average Bonchev–Trinajstić information content (AvgIpc) is 2.95. The van der Waals surface area contributed by atoms with Gasteiger partial charge in [0.05, 0.1) is 0 Å². The lowest BCUT2D eigenvalue weighted by atomic mass is 10.5. The third kappa shape index (κ3) is 4.00. The largest absolute Gasteiger partial charge is 0.366 e. The van der Waals surface area contributed by atoms with Crippen molar-refractivity contribution in [3.8, 4) is 0 Å². The second kappa shape index (κ2) is 7.48. The maximum atomic E-state index is 11.5. The molecule has 2 heterocycles. The van der Waals surface area contributed by atoms with Crippen LogP contribution in [0.2, 0.25) is 0 Å². The highest BCUT2D eigenvalue weighted by Crippen LogP contribution is 2.36.